The van der Waals surface area contributed by atoms with E-state index in [2.05, 4.69) is 11.3 Å². The average Bonchev–Trinajstić information content (AvgIpc) is 2.43. The molecular formula is C11H12F9NO4S. The van der Waals surface area contributed by atoms with Crippen LogP contribution in [-0.2, 0) is 19.6 Å². The summed E-state index contributed by atoms with van der Waals surface area (Å²) in [5.41, 5.74) is -0.372. The van der Waals surface area contributed by atoms with Crippen LogP contribution < -0.4 is 0 Å². The average molecular weight is 425 g/mol. The van der Waals surface area contributed by atoms with Crippen LogP contribution >= 0.6 is 0 Å². The largest absolute Gasteiger partial charge is 0.460 e. The van der Waals surface area contributed by atoms with Crippen molar-refractivity contribution in [2.24, 2.45) is 0 Å². The van der Waals surface area contributed by atoms with Crippen molar-refractivity contribution in [1.82, 2.24) is 4.31 Å². The monoisotopic (exact) mass is 425 g/mol. The number of carbonyl (C=O) groups excluding carboxylic acids is 1. The summed E-state index contributed by atoms with van der Waals surface area (Å²) in [4.78, 5) is 11.2. The lowest BCUT2D eigenvalue weighted by atomic mass is 10.1. The van der Waals surface area contributed by atoms with Crippen LogP contribution in [0.2, 0.25) is 0 Å². The summed E-state index contributed by atoms with van der Waals surface area (Å²) in [6.45, 7) is 4.64. The Kier molecular flexibility index (Phi) is 6.50. The van der Waals surface area contributed by atoms with Crippen molar-refractivity contribution in [2.75, 3.05) is 7.05 Å². The van der Waals surface area contributed by atoms with Crippen molar-refractivity contribution >= 4 is 16.0 Å². The molecule has 0 radical (unpaired) electrons. The second-order valence-corrected chi connectivity index (χ2v) is 7.01. The molecule has 1 unspecified atom stereocenters. The van der Waals surface area contributed by atoms with E-state index in [1.807, 2.05) is 0 Å². The minimum atomic E-state index is -7.38. The van der Waals surface area contributed by atoms with Gasteiger partial charge in [-0.3, -0.25) is 0 Å². The molecule has 0 heterocycles. The van der Waals surface area contributed by atoms with Crippen LogP contribution in [0.3, 0.4) is 0 Å². The van der Waals surface area contributed by atoms with E-state index in [-0.39, 0.29) is 12.6 Å². The van der Waals surface area contributed by atoms with Gasteiger partial charge in [-0.25, -0.2) is 13.2 Å². The van der Waals surface area contributed by atoms with Crippen molar-refractivity contribution in [1.29, 1.82) is 0 Å². The maximum Gasteiger partial charge on any atom is 0.460 e. The molecule has 15 heteroatoms. The van der Waals surface area contributed by atoms with E-state index in [4.69, 9.17) is 0 Å². The Hall–Kier alpha value is -1.51. The summed E-state index contributed by atoms with van der Waals surface area (Å²) in [7, 11) is -6.73. The van der Waals surface area contributed by atoms with E-state index >= 15 is 0 Å². The Balaban J connectivity index is 6.03. The Morgan fingerprint density at radius 1 is 1.00 bits per heavy atom. The third-order valence-electron chi connectivity index (χ3n) is 2.96. The molecule has 1 atom stereocenters. The molecule has 0 bridgehead atoms. The molecule has 0 saturated carbocycles. The zero-order valence-electron chi connectivity index (χ0n) is 13.2. The molecule has 26 heavy (non-hydrogen) atoms. The van der Waals surface area contributed by atoms with Gasteiger partial charge in [0.15, 0.2) is 6.23 Å². The third kappa shape index (κ3) is 3.77. The normalized spacial score (nSPS) is 15.7. The van der Waals surface area contributed by atoms with E-state index < -0.39 is 49.8 Å². The molecule has 0 aliphatic heterocycles. The molecule has 0 aromatic heterocycles. The second-order valence-electron chi connectivity index (χ2n) is 4.97. The number of rotatable bonds is 7. The summed E-state index contributed by atoms with van der Waals surface area (Å²) in [6, 6.07) is 0. The molecule has 0 aromatic carbocycles. The van der Waals surface area contributed by atoms with E-state index in [0.717, 1.165) is 6.92 Å². The number of halogens is 9. The van der Waals surface area contributed by atoms with E-state index in [9.17, 15) is 52.7 Å². The first kappa shape index (κ1) is 24.5. The second kappa shape index (κ2) is 6.90. The van der Waals surface area contributed by atoms with Crippen LogP contribution in [0, 0.1) is 0 Å². The molecule has 0 aromatic rings. The number of esters is 1. The summed E-state index contributed by atoms with van der Waals surface area (Å²) in [5.74, 6) is -16.1. The molecule has 154 valence electrons. The Bertz CT molecular complexity index is 672. The number of alkyl halides is 9. The standard InChI is InChI=1S/C11H12F9NO4S/c1-5(2)7(22)25-6(3)21(4)26(23,24)11(19,20)9(14,15)8(12,13)10(16,17)18/h6H,1H2,2-4H3. The molecule has 0 rings (SSSR count). The summed E-state index contributed by atoms with van der Waals surface area (Å²) in [5, 5.41) is -6.91. The van der Waals surface area contributed by atoms with Crippen LogP contribution in [-0.4, -0.2) is 55.2 Å². The number of hydrogen-bond acceptors (Lipinski definition) is 4. The van der Waals surface area contributed by atoms with Gasteiger partial charge in [0.25, 0.3) is 10.0 Å². The van der Waals surface area contributed by atoms with Crippen LogP contribution in [0.5, 0.6) is 0 Å². The SMILES string of the molecule is C=C(C)C(=O)OC(C)N(C)S(=O)(=O)C(F)(F)C(F)(F)C(F)(F)C(F)(F)F. The van der Waals surface area contributed by atoms with Crippen LogP contribution in [0.1, 0.15) is 13.8 Å². The summed E-state index contributed by atoms with van der Waals surface area (Å²) >= 11 is 0. The molecule has 5 nitrogen and oxygen atoms in total. The Labute approximate surface area is 141 Å². The molecular weight excluding hydrogens is 413 g/mol. The predicted molar refractivity (Wildman–Crippen MR) is 67.9 cm³/mol. The highest BCUT2D eigenvalue weighted by Crippen LogP contribution is 2.55. The Morgan fingerprint density at radius 3 is 1.69 bits per heavy atom. The van der Waals surface area contributed by atoms with Crippen molar-refractivity contribution in [2.45, 2.75) is 43.4 Å². The lowest BCUT2D eigenvalue weighted by Gasteiger charge is -2.35. The number of ether oxygens (including phenoxy) is 1. The number of carbonyl (C=O) groups is 1. The van der Waals surface area contributed by atoms with Gasteiger partial charge in [0.1, 0.15) is 0 Å². The van der Waals surface area contributed by atoms with Gasteiger partial charge in [-0.05, 0) is 13.8 Å². The van der Waals surface area contributed by atoms with Crippen molar-refractivity contribution < 1.29 is 57.5 Å². The fraction of sp³-hybridized carbons (Fsp3) is 0.727. The van der Waals surface area contributed by atoms with Crippen LogP contribution in [0.15, 0.2) is 12.2 Å². The van der Waals surface area contributed by atoms with Gasteiger partial charge in [0.05, 0.1) is 0 Å². The molecule has 0 spiro atoms. The topological polar surface area (TPSA) is 63.7 Å². The lowest BCUT2D eigenvalue weighted by Crippen LogP contribution is -2.65. The van der Waals surface area contributed by atoms with Crippen LogP contribution in [0.4, 0.5) is 39.5 Å². The minimum absolute atomic E-state index is 0.113. The van der Waals surface area contributed by atoms with Crippen molar-refractivity contribution in [3.8, 4) is 0 Å². The van der Waals surface area contributed by atoms with E-state index in [0.29, 0.717) is 6.92 Å². The van der Waals surface area contributed by atoms with Gasteiger partial charge in [-0.1, -0.05) is 6.58 Å². The zero-order valence-corrected chi connectivity index (χ0v) is 14.0. The highest BCUT2D eigenvalue weighted by Gasteiger charge is 2.85. The molecule has 0 N–H and O–H groups in total. The molecule has 0 fully saturated rings. The fourth-order valence-corrected chi connectivity index (χ4v) is 2.48. The summed E-state index contributed by atoms with van der Waals surface area (Å²) < 4.78 is 142. The quantitative estimate of drug-likeness (QED) is 0.272. The highest BCUT2D eigenvalue weighted by molar-refractivity contribution is 7.90. The highest BCUT2D eigenvalue weighted by atomic mass is 32.2. The minimum Gasteiger partial charge on any atom is -0.442 e. The smallest absolute Gasteiger partial charge is 0.442 e. The number of nitrogens with zero attached hydrogens (tertiary/aromatic N) is 1. The van der Waals surface area contributed by atoms with E-state index in [1.165, 1.54) is 0 Å². The first-order valence-electron chi connectivity index (χ1n) is 6.20. The van der Waals surface area contributed by atoms with Crippen molar-refractivity contribution in [3.05, 3.63) is 12.2 Å². The summed E-state index contributed by atoms with van der Waals surface area (Å²) in [6.07, 6.45) is -9.43. The molecule has 0 aliphatic carbocycles. The van der Waals surface area contributed by atoms with Gasteiger partial charge in [-0.15, -0.1) is 0 Å². The lowest BCUT2D eigenvalue weighted by molar-refractivity contribution is -0.382. The molecule has 0 saturated heterocycles. The van der Waals surface area contributed by atoms with Gasteiger partial charge in [0, 0.05) is 12.6 Å². The Morgan fingerprint density at radius 2 is 1.38 bits per heavy atom. The fourth-order valence-electron chi connectivity index (χ4n) is 1.23. The maximum atomic E-state index is 13.6. The van der Waals surface area contributed by atoms with Gasteiger partial charge in [0.2, 0.25) is 0 Å². The number of sulfonamides is 1. The van der Waals surface area contributed by atoms with Crippen LogP contribution in [0.25, 0.3) is 0 Å². The zero-order chi connectivity index (χ0) is 21.5. The molecule has 0 aliphatic rings. The molecule has 0 amide bonds. The number of hydrogen-bond donors (Lipinski definition) is 0. The van der Waals surface area contributed by atoms with Crippen molar-refractivity contribution in [3.63, 3.8) is 0 Å². The van der Waals surface area contributed by atoms with Gasteiger partial charge >= 0.3 is 29.2 Å². The first-order chi connectivity index (χ1) is 11.2. The predicted octanol–water partition coefficient (Wildman–Crippen LogP) is 3.14. The maximum absolute atomic E-state index is 13.6. The van der Waals surface area contributed by atoms with E-state index in [1.54, 1.807) is 0 Å². The van der Waals surface area contributed by atoms with Gasteiger partial charge in [-0.2, -0.15) is 43.8 Å². The van der Waals surface area contributed by atoms with Gasteiger partial charge < -0.3 is 4.74 Å². The third-order valence-corrected chi connectivity index (χ3v) is 4.92. The first-order valence-corrected chi connectivity index (χ1v) is 7.64.